The molecular weight excluding hydrogens is 584 g/mol. The Labute approximate surface area is 240 Å². The zero-order valence-electron chi connectivity index (χ0n) is 22.1. The zero-order chi connectivity index (χ0) is 29.6. The van der Waals surface area contributed by atoms with Crippen LogP contribution in [0.1, 0.15) is 28.7 Å². The number of rotatable bonds is 4. The Morgan fingerprint density at radius 2 is 1.79 bits per heavy atom. The van der Waals surface area contributed by atoms with Crippen molar-refractivity contribution in [1.82, 2.24) is 19.6 Å². The molecule has 0 bridgehead atoms. The summed E-state index contributed by atoms with van der Waals surface area (Å²) in [6, 6.07) is 7.11. The van der Waals surface area contributed by atoms with Crippen LogP contribution >= 0.6 is 11.8 Å². The molecule has 3 aliphatic heterocycles. The molecule has 42 heavy (non-hydrogen) atoms. The van der Waals surface area contributed by atoms with Gasteiger partial charge in [0.15, 0.2) is 5.17 Å². The van der Waals surface area contributed by atoms with E-state index >= 15 is 0 Å². The number of nitrogens with zero attached hydrogens (tertiary/aromatic N) is 5. The molecule has 4 heterocycles. The number of ether oxygens (including phenoxy) is 1. The molecule has 2 aromatic carbocycles. The number of amidine groups is 1. The van der Waals surface area contributed by atoms with Crippen molar-refractivity contribution in [2.75, 3.05) is 39.4 Å². The summed E-state index contributed by atoms with van der Waals surface area (Å²) < 4.78 is 86.7. The van der Waals surface area contributed by atoms with Crippen LogP contribution in [0.5, 0.6) is 0 Å². The fourth-order valence-corrected chi connectivity index (χ4v) is 6.43. The fraction of sp³-hybridized carbons (Fsp3) is 0.393. The Morgan fingerprint density at radius 3 is 2.52 bits per heavy atom. The molecule has 1 amide bonds. The number of aromatic nitrogens is 2. The maximum absolute atomic E-state index is 13.6. The van der Waals surface area contributed by atoms with Gasteiger partial charge in [-0.2, -0.15) is 36.4 Å². The lowest BCUT2D eigenvalue weighted by Gasteiger charge is -2.32. The number of thioether (sulfide) groups is 1. The Bertz CT molecular complexity index is 1570. The number of halogens is 6. The second kappa shape index (κ2) is 11.0. The van der Waals surface area contributed by atoms with E-state index in [2.05, 4.69) is 19.9 Å². The van der Waals surface area contributed by atoms with Gasteiger partial charge >= 0.3 is 12.4 Å². The fourth-order valence-electron chi connectivity index (χ4n) is 5.48. The Kier molecular flexibility index (Phi) is 7.56. The second-order valence-electron chi connectivity index (χ2n) is 10.3. The van der Waals surface area contributed by atoms with Crippen molar-refractivity contribution >= 4 is 39.8 Å². The molecule has 0 saturated carbocycles. The van der Waals surface area contributed by atoms with Crippen molar-refractivity contribution in [2.45, 2.75) is 31.4 Å². The van der Waals surface area contributed by atoms with E-state index in [1.54, 1.807) is 24.3 Å². The topological polar surface area (TPSA) is 63.0 Å². The average Bonchev–Trinajstić information content (AvgIpc) is 3.68. The van der Waals surface area contributed by atoms with Crippen molar-refractivity contribution in [3.8, 4) is 0 Å². The molecule has 6 rings (SSSR count). The number of benzene rings is 2. The van der Waals surface area contributed by atoms with E-state index in [-0.39, 0.29) is 24.1 Å². The predicted octanol–water partition coefficient (Wildman–Crippen LogP) is 5.50. The van der Waals surface area contributed by atoms with Crippen molar-refractivity contribution in [3.63, 3.8) is 0 Å². The molecule has 222 valence electrons. The number of fused-ring (bicyclic) bond motifs is 1. The number of hydrogen-bond acceptors (Lipinski definition) is 6. The first-order valence-corrected chi connectivity index (χ1v) is 14.1. The summed E-state index contributed by atoms with van der Waals surface area (Å²) in [6.45, 7) is 4.49. The van der Waals surface area contributed by atoms with Gasteiger partial charge in [-0.05, 0) is 59.7 Å². The van der Waals surface area contributed by atoms with Crippen LogP contribution in [0.15, 0.2) is 52.5 Å². The molecule has 2 fully saturated rings. The third-order valence-electron chi connectivity index (χ3n) is 7.63. The first-order valence-electron chi connectivity index (χ1n) is 13.3. The number of carbonyl (C=O) groups excluding carboxylic acids is 1. The van der Waals surface area contributed by atoms with Gasteiger partial charge in [-0.1, -0.05) is 12.1 Å². The van der Waals surface area contributed by atoms with Gasteiger partial charge in [-0.3, -0.25) is 14.4 Å². The van der Waals surface area contributed by atoms with Gasteiger partial charge in [0.1, 0.15) is 0 Å². The van der Waals surface area contributed by atoms with Crippen LogP contribution in [0.4, 0.5) is 26.3 Å². The largest absolute Gasteiger partial charge is 0.416 e. The Hall–Kier alpha value is -3.36. The average molecular weight is 610 g/mol. The van der Waals surface area contributed by atoms with Gasteiger partial charge in [-0.15, -0.1) is 0 Å². The van der Waals surface area contributed by atoms with E-state index in [0.717, 1.165) is 51.9 Å². The summed E-state index contributed by atoms with van der Waals surface area (Å²) in [6.07, 6.45) is -5.69. The third-order valence-corrected chi connectivity index (χ3v) is 8.68. The van der Waals surface area contributed by atoms with Gasteiger partial charge in [0, 0.05) is 37.6 Å². The number of aliphatic imine (C=N–C) groups is 1. The first kappa shape index (κ1) is 28.7. The molecule has 1 aromatic heterocycles. The van der Waals surface area contributed by atoms with Crippen molar-refractivity contribution in [2.24, 2.45) is 4.99 Å². The summed E-state index contributed by atoms with van der Waals surface area (Å²) in [5.41, 5.74) is -1.87. The van der Waals surface area contributed by atoms with E-state index in [1.165, 1.54) is 22.6 Å². The van der Waals surface area contributed by atoms with Crippen molar-refractivity contribution < 1.29 is 35.9 Å². The summed E-state index contributed by atoms with van der Waals surface area (Å²) in [7, 11) is 0. The highest BCUT2D eigenvalue weighted by molar-refractivity contribution is 8.18. The maximum Gasteiger partial charge on any atom is 0.416 e. The highest BCUT2D eigenvalue weighted by Gasteiger charge is 2.38. The molecular formula is C28H25F6N5O2S. The SMILES string of the molecule is O=C1N=C(N2CC[C@@H](N3CCOCC3)C2)S/C1=C\c1ccc2c(cnn2Cc2ccc(C(F)(F)F)cc2C(F)(F)F)c1. The van der Waals surface area contributed by atoms with Crippen LogP contribution in [0.25, 0.3) is 17.0 Å². The monoisotopic (exact) mass is 609 g/mol. The summed E-state index contributed by atoms with van der Waals surface area (Å²) in [5, 5.41) is 5.46. The number of amides is 1. The minimum atomic E-state index is -4.97. The number of morpholine rings is 1. The van der Waals surface area contributed by atoms with E-state index < -0.39 is 23.5 Å². The van der Waals surface area contributed by atoms with Crippen LogP contribution in [0, 0.1) is 0 Å². The normalized spacial score (nSPS) is 21.6. The zero-order valence-corrected chi connectivity index (χ0v) is 22.9. The molecule has 0 radical (unpaired) electrons. The Morgan fingerprint density at radius 1 is 1.00 bits per heavy atom. The predicted molar refractivity (Wildman–Crippen MR) is 146 cm³/mol. The highest BCUT2D eigenvalue weighted by atomic mass is 32.2. The van der Waals surface area contributed by atoms with Gasteiger partial charge in [0.25, 0.3) is 5.91 Å². The van der Waals surface area contributed by atoms with E-state index in [1.807, 2.05) is 0 Å². The molecule has 3 aromatic rings. The molecule has 0 N–H and O–H groups in total. The van der Waals surface area contributed by atoms with Crippen LogP contribution < -0.4 is 0 Å². The van der Waals surface area contributed by atoms with Gasteiger partial charge in [-0.25, -0.2) is 0 Å². The number of carbonyl (C=O) groups is 1. The molecule has 7 nitrogen and oxygen atoms in total. The first-order chi connectivity index (χ1) is 20.0. The lowest BCUT2D eigenvalue weighted by Crippen LogP contribution is -2.45. The van der Waals surface area contributed by atoms with Crippen LogP contribution in [-0.4, -0.2) is 76.1 Å². The molecule has 2 saturated heterocycles. The molecule has 1 atom stereocenters. The smallest absolute Gasteiger partial charge is 0.379 e. The van der Waals surface area contributed by atoms with Crippen LogP contribution in [0.2, 0.25) is 0 Å². The molecule has 0 unspecified atom stereocenters. The highest BCUT2D eigenvalue weighted by Crippen LogP contribution is 2.38. The number of alkyl halides is 6. The van der Waals surface area contributed by atoms with E-state index in [9.17, 15) is 31.1 Å². The second-order valence-corrected chi connectivity index (χ2v) is 11.3. The van der Waals surface area contributed by atoms with Gasteiger partial charge < -0.3 is 9.64 Å². The third kappa shape index (κ3) is 5.92. The van der Waals surface area contributed by atoms with Crippen LogP contribution in [0.3, 0.4) is 0 Å². The summed E-state index contributed by atoms with van der Waals surface area (Å²) in [5.74, 6) is -0.331. The van der Waals surface area contributed by atoms with E-state index in [4.69, 9.17) is 4.74 Å². The number of hydrogen-bond donors (Lipinski definition) is 0. The van der Waals surface area contributed by atoms with Crippen molar-refractivity contribution in [1.29, 1.82) is 0 Å². The molecule has 0 spiro atoms. The number of likely N-dealkylation sites (tertiary alicyclic amines) is 1. The minimum Gasteiger partial charge on any atom is -0.379 e. The Balaban J connectivity index is 1.17. The lowest BCUT2D eigenvalue weighted by molar-refractivity contribution is -0.143. The quantitative estimate of drug-likeness (QED) is 0.288. The van der Waals surface area contributed by atoms with Crippen molar-refractivity contribution in [3.05, 3.63) is 69.8 Å². The summed E-state index contributed by atoms with van der Waals surface area (Å²) in [4.78, 5) is 22.0. The minimum absolute atomic E-state index is 0.128. The molecule has 3 aliphatic rings. The van der Waals surface area contributed by atoms with Gasteiger partial charge in [0.05, 0.1) is 47.5 Å². The van der Waals surface area contributed by atoms with Gasteiger partial charge in [0.2, 0.25) is 0 Å². The lowest BCUT2D eigenvalue weighted by atomic mass is 10.0. The van der Waals surface area contributed by atoms with E-state index in [0.29, 0.717) is 38.6 Å². The summed E-state index contributed by atoms with van der Waals surface area (Å²) >= 11 is 1.32. The standard InChI is InChI=1S/C28H25F6N5O2S/c29-27(30,31)20-3-2-18(22(13-20)28(32,33)34)15-39-23-4-1-17(11-19(23)14-35-39)12-24-25(40)36-26(42-24)38-6-5-21(16-38)37-7-9-41-10-8-37/h1-4,11-14,21H,5-10,15-16H2/b24-12-/t21-/m1/s1. The maximum atomic E-state index is 13.6. The molecule has 0 aliphatic carbocycles. The molecule has 14 heteroatoms. The van der Waals surface area contributed by atoms with Crippen LogP contribution in [-0.2, 0) is 28.4 Å².